The number of hydrogen-bond acceptors (Lipinski definition) is 2. The van der Waals surface area contributed by atoms with E-state index < -0.39 is 10.0 Å². The largest absolute Gasteiger partial charge is 0.335 e. The second-order valence-electron chi connectivity index (χ2n) is 12.5. The molecule has 0 radical (unpaired) electrons. The number of rotatable bonds is 6. The number of fused-ring (bicyclic) bond motifs is 3. The lowest BCUT2D eigenvalue weighted by Crippen LogP contribution is -2.32. The molecular weight excluding hydrogens is 627 g/mol. The monoisotopic (exact) mass is 661 g/mol. The summed E-state index contributed by atoms with van der Waals surface area (Å²) in [6.45, 7) is 0. The van der Waals surface area contributed by atoms with Crippen LogP contribution in [0.4, 0.5) is 0 Å². The number of nitrogens with zero attached hydrogens (tertiary/aromatic N) is 2. The van der Waals surface area contributed by atoms with Gasteiger partial charge >= 0.3 is 0 Å². The van der Waals surface area contributed by atoms with Crippen molar-refractivity contribution in [2.75, 3.05) is 0 Å². The molecule has 9 rings (SSSR count). The maximum atomic E-state index is 5.69. The first-order valence-corrected chi connectivity index (χ1v) is 18.6. The molecule has 4 heteroatoms. The molecule has 1 unspecified atom stereocenters. The Bertz CT molecular complexity index is 2450. The first-order valence-electron chi connectivity index (χ1n) is 17.0. The molecule has 1 aromatic heterocycles. The van der Waals surface area contributed by atoms with Crippen LogP contribution in [-0.4, -0.2) is 9.73 Å². The van der Waals surface area contributed by atoms with Crippen molar-refractivity contribution in [1.29, 1.82) is 0 Å². The van der Waals surface area contributed by atoms with Crippen molar-refractivity contribution >= 4 is 42.7 Å². The third kappa shape index (κ3) is 5.04. The van der Waals surface area contributed by atoms with Gasteiger partial charge in [0.05, 0.1) is 17.1 Å². The van der Waals surface area contributed by atoms with Crippen molar-refractivity contribution in [1.82, 2.24) is 9.88 Å². The van der Waals surface area contributed by atoms with E-state index in [0.717, 1.165) is 27.7 Å². The standard InChI is InChI=1S/C46H35N3S/c1-6-18-34(19-7-1)42-33-43(35-20-8-2-9-21-35)48-46(47-42)50(37-24-12-4-13-25-37,38-26-14-5-15-27-38)39-30-31-45-41(32-39)40-28-16-17-29-44(40)49(45)36-22-10-3-11-23-36/h1-33,42H,(H,47,48). The molecule has 1 atom stereocenters. The molecule has 0 saturated heterocycles. The van der Waals surface area contributed by atoms with Crippen LogP contribution in [0, 0.1) is 0 Å². The molecule has 0 saturated carbocycles. The fourth-order valence-electron chi connectivity index (χ4n) is 7.26. The summed E-state index contributed by atoms with van der Waals surface area (Å²) in [6.07, 6.45) is 2.27. The van der Waals surface area contributed by atoms with Crippen LogP contribution in [0.2, 0.25) is 0 Å². The molecule has 0 spiro atoms. The Morgan fingerprint density at radius 3 is 1.68 bits per heavy atom. The molecule has 8 aromatic rings. The SMILES string of the molecule is C1=C(c2ccccc2)NC(S(c2ccccc2)(c2ccccc2)c2ccc3c(c2)c2ccccc2n3-c2ccccc2)=NC1c1ccccc1. The zero-order valence-corrected chi connectivity index (χ0v) is 28.2. The lowest BCUT2D eigenvalue weighted by molar-refractivity contribution is 0.886. The van der Waals surface area contributed by atoms with E-state index in [-0.39, 0.29) is 6.04 Å². The molecule has 240 valence electrons. The number of nitrogens with one attached hydrogen (secondary N) is 1. The van der Waals surface area contributed by atoms with E-state index in [1.165, 1.54) is 36.5 Å². The molecule has 2 heterocycles. The molecule has 0 aliphatic carbocycles. The topological polar surface area (TPSA) is 29.3 Å². The van der Waals surface area contributed by atoms with E-state index in [4.69, 9.17) is 4.99 Å². The van der Waals surface area contributed by atoms with Crippen molar-refractivity contribution in [2.45, 2.75) is 20.7 Å². The number of amidine groups is 1. The Labute approximate surface area is 294 Å². The Balaban J connectivity index is 1.36. The van der Waals surface area contributed by atoms with Crippen LogP contribution in [0.15, 0.2) is 220 Å². The normalized spacial score (nSPS) is 14.9. The minimum Gasteiger partial charge on any atom is -0.335 e. The summed E-state index contributed by atoms with van der Waals surface area (Å²) in [4.78, 5) is 9.37. The molecule has 1 aliphatic heterocycles. The fraction of sp³-hybridized carbons (Fsp3) is 0.0217. The van der Waals surface area contributed by atoms with Gasteiger partial charge in [0, 0.05) is 36.8 Å². The van der Waals surface area contributed by atoms with Crippen LogP contribution in [-0.2, 0) is 0 Å². The molecule has 50 heavy (non-hydrogen) atoms. The summed E-state index contributed by atoms with van der Waals surface area (Å²) in [7, 11) is -2.14. The molecule has 0 fully saturated rings. The third-order valence-corrected chi connectivity index (χ3v) is 13.3. The predicted octanol–water partition coefficient (Wildman–Crippen LogP) is 11.8. The van der Waals surface area contributed by atoms with Gasteiger partial charge in [-0.3, -0.25) is 4.99 Å². The molecule has 0 bridgehead atoms. The first kappa shape index (κ1) is 30.0. The quantitative estimate of drug-likeness (QED) is 0.189. The van der Waals surface area contributed by atoms with Gasteiger partial charge in [0.25, 0.3) is 0 Å². The number of aromatic nitrogens is 1. The van der Waals surface area contributed by atoms with Crippen LogP contribution in [0.25, 0.3) is 33.2 Å². The summed E-state index contributed by atoms with van der Waals surface area (Å²) in [5.74, 6) is 0. The summed E-state index contributed by atoms with van der Waals surface area (Å²) in [5.41, 5.74) is 6.89. The van der Waals surface area contributed by atoms with Gasteiger partial charge in [0.2, 0.25) is 0 Å². The van der Waals surface area contributed by atoms with Gasteiger partial charge in [-0.15, -0.1) is 10.0 Å². The number of aliphatic imine (C=N–C) groups is 1. The zero-order valence-electron chi connectivity index (χ0n) is 27.4. The minimum absolute atomic E-state index is 0.161. The van der Waals surface area contributed by atoms with Crippen LogP contribution < -0.4 is 5.32 Å². The molecule has 7 aromatic carbocycles. The average molecular weight is 662 g/mol. The van der Waals surface area contributed by atoms with Crippen LogP contribution in [0.5, 0.6) is 0 Å². The van der Waals surface area contributed by atoms with Gasteiger partial charge < -0.3 is 9.88 Å². The number of benzene rings is 7. The maximum absolute atomic E-state index is 5.69. The summed E-state index contributed by atoms with van der Waals surface area (Å²) in [5, 5.41) is 7.39. The minimum atomic E-state index is -2.14. The lowest BCUT2D eigenvalue weighted by atomic mass is 10.0. The second kappa shape index (κ2) is 12.7. The zero-order chi connectivity index (χ0) is 33.3. The lowest BCUT2D eigenvalue weighted by Gasteiger charge is -2.44. The van der Waals surface area contributed by atoms with Gasteiger partial charge in [-0.2, -0.15) is 0 Å². The number of hydrogen-bond donors (Lipinski definition) is 1. The smallest absolute Gasteiger partial charge is 0.156 e. The summed E-state index contributed by atoms with van der Waals surface area (Å²) >= 11 is 0. The Morgan fingerprint density at radius 2 is 1.02 bits per heavy atom. The highest BCUT2D eigenvalue weighted by Gasteiger charge is 2.39. The fourth-order valence-corrected chi connectivity index (χ4v) is 11.0. The van der Waals surface area contributed by atoms with Crippen molar-refractivity contribution in [3.05, 3.63) is 211 Å². The predicted molar refractivity (Wildman–Crippen MR) is 210 cm³/mol. The van der Waals surface area contributed by atoms with Gasteiger partial charge in [0.15, 0.2) is 5.17 Å². The van der Waals surface area contributed by atoms with Gasteiger partial charge in [-0.1, -0.05) is 133 Å². The van der Waals surface area contributed by atoms with Crippen molar-refractivity contribution in [3.63, 3.8) is 0 Å². The molecular formula is C46H35N3S. The average Bonchev–Trinajstić information content (AvgIpc) is 3.54. The van der Waals surface area contributed by atoms with Gasteiger partial charge in [-0.25, -0.2) is 0 Å². The van der Waals surface area contributed by atoms with Crippen molar-refractivity contribution in [3.8, 4) is 5.69 Å². The maximum Gasteiger partial charge on any atom is 0.156 e. The van der Waals surface area contributed by atoms with Gasteiger partial charge in [0.1, 0.15) is 0 Å². The van der Waals surface area contributed by atoms with Gasteiger partial charge in [-0.05, 0) is 77.9 Å². The third-order valence-electron chi connectivity index (χ3n) is 9.54. The number of para-hydroxylation sites is 2. The first-order chi connectivity index (χ1) is 24.8. The summed E-state index contributed by atoms with van der Waals surface area (Å²) < 4.78 is 2.38. The molecule has 1 aliphatic rings. The second-order valence-corrected chi connectivity index (χ2v) is 15.5. The van der Waals surface area contributed by atoms with Crippen LogP contribution in [0.1, 0.15) is 17.2 Å². The highest BCUT2D eigenvalue weighted by atomic mass is 32.3. The van der Waals surface area contributed by atoms with Crippen LogP contribution in [0.3, 0.4) is 0 Å². The van der Waals surface area contributed by atoms with E-state index in [2.05, 4.69) is 210 Å². The van der Waals surface area contributed by atoms with Crippen molar-refractivity contribution in [2.24, 2.45) is 4.99 Å². The molecule has 1 N–H and O–H groups in total. The van der Waals surface area contributed by atoms with Crippen molar-refractivity contribution < 1.29 is 0 Å². The van der Waals surface area contributed by atoms with E-state index in [1.807, 2.05) is 0 Å². The highest BCUT2D eigenvalue weighted by molar-refractivity contribution is 8.45. The Kier molecular flexibility index (Phi) is 7.64. The molecule has 0 amide bonds. The Hall–Kier alpha value is -6.10. The van der Waals surface area contributed by atoms with E-state index in [9.17, 15) is 0 Å². The van der Waals surface area contributed by atoms with E-state index in [1.54, 1.807) is 0 Å². The van der Waals surface area contributed by atoms with E-state index in [0.29, 0.717) is 0 Å². The van der Waals surface area contributed by atoms with E-state index >= 15 is 0 Å². The summed E-state index contributed by atoms with van der Waals surface area (Å²) in [6, 6.07) is 69.6. The van der Waals surface area contributed by atoms with Crippen LogP contribution >= 0.6 is 10.0 Å². The highest BCUT2D eigenvalue weighted by Crippen LogP contribution is 2.70. The Morgan fingerprint density at radius 1 is 0.480 bits per heavy atom. The molecule has 3 nitrogen and oxygen atoms in total.